The highest BCUT2D eigenvalue weighted by Crippen LogP contribution is 2.44. The van der Waals surface area contributed by atoms with Crippen LogP contribution in [0.15, 0.2) is 36.4 Å². The zero-order chi connectivity index (χ0) is 18.2. The normalized spacial score (nSPS) is 29.9. The molecule has 0 aliphatic heterocycles. The van der Waals surface area contributed by atoms with Crippen molar-refractivity contribution >= 4 is 0 Å². The Morgan fingerprint density at radius 3 is 2.00 bits per heavy atom. The van der Waals surface area contributed by atoms with Crippen LogP contribution in [0.1, 0.15) is 81.3 Å². The molecule has 2 heteroatoms. The Morgan fingerprint density at radius 1 is 0.808 bits per heavy atom. The molecule has 0 unspecified atom stereocenters. The van der Waals surface area contributed by atoms with E-state index in [9.17, 15) is 8.78 Å². The minimum atomic E-state index is -0.360. The molecule has 3 rings (SSSR count). The van der Waals surface area contributed by atoms with Crippen LogP contribution in [0.4, 0.5) is 8.78 Å². The molecule has 144 valence electrons. The van der Waals surface area contributed by atoms with Crippen LogP contribution in [0.5, 0.6) is 0 Å². The second-order valence-electron chi connectivity index (χ2n) is 8.42. The third kappa shape index (κ3) is 5.41. The second kappa shape index (κ2) is 10.2. The number of hydrogen-bond acceptors (Lipinski definition) is 0. The smallest absolute Gasteiger partial charge is 0.115 e. The molecule has 1 aromatic carbocycles. The Balaban J connectivity index is 1.40. The van der Waals surface area contributed by atoms with Gasteiger partial charge < -0.3 is 0 Å². The minimum Gasteiger partial charge on any atom is -0.251 e. The van der Waals surface area contributed by atoms with Crippen LogP contribution < -0.4 is 0 Å². The maximum Gasteiger partial charge on any atom is 0.115 e. The zero-order valence-electron chi connectivity index (χ0n) is 16.0. The van der Waals surface area contributed by atoms with Crippen LogP contribution in [0.2, 0.25) is 0 Å². The first kappa shape index (κ1) is 19.6. The van der Waals surface area contributed by atoms with Gasteiger partial charge in [0.15, 0.2) is 0 Å². The lowest BCUT2D eigenvalue weighted by Gasteiger charge is -2.37. The van der Waals surface area contributed by atoms with Gasteiger partial charge in [-0.05, 0) is 99.0 Å². The Kier molecular flexibility index (Phi) is 7.70. The molecule has 26 heavy (non-hydrogen) atoms. The monoisotopic (exact) mass is 360 g/mol. The number of allylic oxidation sites excluding steroid dienone is 2. The number of rotatable bonds is 7. The van der Waals surface area contributed by atoms with E-state index in [1.807, 2.05) is 12.1 Å². The number of halogens is 2. The summed E-state index contributed by atoms with van der Waals surface area (Å²) in [7, 11) is 0. The molecular formula is C24H34F2. The van der Waals surface area contributed by atoms with Gasteiger partial charge in [0, 0.05) is 0 Å². The van der Waals surface area contributed by atoms with E-state index >= 15 is 0 Å². The third-order valence-electron chi connectivity index (χ3n) is 6.77. The van der Waals surface area contributed by atoms with E-state index in [0.717, 1.165) is 29.7 Å². The first-order valence-electron chi connectivity index (χ1n) is 10.7. The Bertz CT molecular complexity index is 532. The molecule has 2 fully saturated rings. The lowest BCUT2D eigenvalue weighted by atomic mass is 9.68. The van der Waals surface area contributed by atoms with Gasteiger partial charge in [-0.25, -0.2) is 4.39 Å². The molecule has 0 atom stereocenters. The molecule has 0 nitrogen and oxygen atoms in total. The maximum atomic E-state index is 12.7. The third-order valence-corrected chi connectivity index (χ3v) is 6.77. The molecule has 2 aliphatic rings. The molecule has 0 heterocycles. The fraction of sp³-hybridized carbons (Fsp3) is 0.667. The van der Waals surface area contributed by atoms with E-state index in [1.54, 1.807) is 0 Å². The van der Waals surface area contributed by atoms with Gasteiger partial charge in [-0.15, -0.1) is 0 Å². The summed E-state index contributed by atoms with van der Waals surface area (Å²) < 4.78 is 24.8. The van der Waals surface area contributed by atoms with Crippen molar-refractivity contribution < 1.29 is 8.78 Å². The molecule has 2 saturated carbocycles. The fourth-order valence-corrected chi connectivity index (χ4v) is 5.10. The summed E-state index contributed by atoms with van der Waals surface area (Å²) in [6.07, 6.45) is 16.8. The molecule has 0 aromatic heterocycles. The Labute approximate surface area is 158 Å². The molecule has 0 bridgehead atoms. The van der Waals surface area contributed by atoms with E-state index in [1.165, 1.54) is 56.9 Å². The quantitative estimate of drug-likeness (QED) is 0.348. The molecule has 0 saturated heterocycles. The lowest BCUT2D eigenvalue weighted by molar-refractivity contribution is 0.171. The highest BCUT2D eigenvalue weighted by Gasteiger charge is 2.30. The summed E-state index contributed by atoms with van der Waals surface area (Å²) in [6.45, 7) is -0.555. The Morgan fingerprint density at radius 2 is 1.42 bits per heavy atom. The second-order valence-corrected chi connectivity index (χ2v) is 8.42. The number of alkyl halides is 2. The SMILES string of the molecule is FCCCC=C[C@H]1CC[C@H]([C@H]2CC[C@H](c3ccc(CF)cc3)CC2)CC1. The van der Waals surface area contributed by atoms with Gasteiger partial charge in [-0.2, -0.15) is 0 Å². The van der Waals surface area contributed by atoms with Crippen LogP contribution in [0, 0.1) is 17.8 Å². The first-order chi connectivity index (χ1) is 12.8. The number of hydrogen-bond donors (Lipinski definition) is 0. The van der Waals surface area contributed by atoms with Gasteiger partial charge in [0.2, 0.25) is 0 Å². The van der Waals surface area contributed by atoms with Crippen molar-refractivity contribution in [2.75, 3.05) is 6.67 Å². The van der Waals surface area contributed by atoms with Gasteiger partial charge in [0.1, 0.15) is 6.67 Å². The average Bonchev–Trinajstić information content (AvgIpc) is 2.72. The van der Waals surface area contributed by atoms with Gasteiger partial charge in [-0.3, -0.25) is 4.39 Å². The molecule has 0 N–H and O–H groups in total. The van der Waals surface area contributed by atoms with Gasteiger partial charge in [-0.1, -0.05) is 36.4 Å². The predicted molar refractivity (Wildman–Crippen MR) is 106 cm³/mol. The van der Waals surface area contributed by atoms with Gasteiger partial charge in [0.25, 0.3) is 0 Å². The topological polar surface area (TPSA) is 0 Å². The van der Waals surface area contributed by atoms with Crippen LogP contribution in [0.3, 0.4) is 0 Å². The fourth-order valence-electron chi connectivity index (χ4n) is 5.10. The van der Waals surface area contributed by atoms with Crippen molar-refractivity contribution in [1.82, 2.24) is 0 Å². The van der Waals surface area contributed by atoms with Crippen LogP contribution in [-0.4, -0.2) is 6.67 Å². The van der Waals surface area contributed by atoms with Gasteiger partial charge in [0.05, 0.1) is 6.67 Å². The first-order valence-corrected chi connectivity index (χ1v) is 10.7. The van der Waals surface area contributed by atoms with Crippen LogP contribution >= 0.6 is 0 Å². The average molecular weight is 361 g/mol. The molecule has 0 spiro atoms. The van der Waals surface area contributed by atoms with E-state index in [-0.39, 0.29) is 13.3 Å². The standard InChI is InChI=1S/C24H34F2/c25-17-3-1-2-4-19-5-9-21(10-6-19)23-13-15-24(16-14-23)22-11-7-20(18-26)8-12-22/h2,4,7-8,11-12,19,21,23-24H,1,3,5-6,9-10,13-18H2/t19-,21-,23-,24-. The van der Waals surface area contributed by atoms with Crippen molar-refractivity contribution in [1.29, 1.82) is 0 Å². The largest absolute Gasteiger partial charge is 0.251 e. The highest BCUT2D eigenvalue weighted by molar-refractivity contribution is 5.25. The van der Waals surface area contributed by atoms with Crippen molar-refractivity contribution in [2.24, 2.45) is 17.8 Å². The molecule has 0 radical (unpaired) electrons. The summed E-state index contributed by atoms with van der Waals surface area (Å²) in [5, 5.41) is 0. The number of benzene rings is 1. The molecule has 1 aromatic rings. The number of unbranched alkanes of at least 4 members (excludes halogenated alkanes) is 1. The summed E-state index contributed by atoms with van der Waals surface area (Å²) >= 11 is 0. The van der Waals surface area contributed by atoms with Crippen LogP contribution in [-0.2, 0) is 6.67 Å². The van der Waals surface area contributed by atoms with E-state index in [0.29, 0.717) is 12.3 Å². The van der Waals surface area contributed by atoms with E-state index in [4.69, 9.17) is 0 Å². The van der Waals surface area contributed by atoms with E-state index < -0.39 is 0 Å². The van der Waals surface area contributed by atoms with Crippen molar-refractivity contribution in [3.8, 4) is 0 Å². The summed E-state index contributed by atoms with van der Waals surface area (Å²) in [5.74, 6) is 3.24. The molecule has 2 aliphatic carbocycles. The lowest BCUT2D eigenvalue weighted by Crippen LogP contribution is -2.25. The summed E-state index contributed by atoms with van der Waals surface area (Å²) in [6, 6.07) is 8.17. The van der Waals surface area contributed by atoms with Crippen molar-refractivity contribution in [3.63, 3.8) is 0 Å². The predicted octanol–water partition coefficient (Wildman–Crippen LogP) is 7.54. The van der Waals surface area contributed by atoms with E-state index in [2.05, 4.69) is 24.3 Å². The van der Waals surface area contributed by atoms with Gasteiger partial charge >= 0.3 is 0 Å². The zero-order valence-corrected chi connectivity index (χ0v) is 16.0. The summed E-state index contributed by atoms with van der Waals surface area (Å²) in [4.78, 5) is 0. The Hall–Kier alpha value is -1.18. The maximum absolute atomic E-state index is 12.7. The summed E-state index contributed by atoms with van der Waals surface area (Å²) in [5.41, 5.74) is 2.20. The highest BCUT2D eigenvalue weighted by atomic mass is 19.1. The molecule has 0 amide bonds. The van der Waals surface area contributed by atoms with Crippen molar-refractivity contribution in [2.45, 2.75) is 76.8 Å². The minimum absolute atomic E-state index is 0.195. The van der Waals surface area contributed by atoms with Crippen LogP contribution in [0.25, 0.3) is 0 Å². The van der Waals surface area contributed by atoms with Crippen molar-refractivity contribution in [3.05, 3.63) is 47.5 Å². The molecular weight excluding hydrogens is 326 g/mol.